The summed E-state index contributed by atoms with van der Waals surface area (Å²) < 4.78 is 22.2. The van der Waals surface area contributed by atoms with E-state index in [1.807, 2.05) is 0 Å². The van der Waals surface area contributed by atoms with Gasteiger partial charge in [0.05, 0.1) is 5.75 Å². The molecule has 0 spiro atoms. The molecule has 1 aromatic carbocycles. The highest BCUT2D eigenvalue weighted by atomic mass is 32.2. The summed E-state index contributed by atoms with van der Waals surface area (Å²) in [6.07, 6.45) is 1.13. The van der Waals surface area contributed by atoms with Gasteiger partial charge in [-0.3, -0.25) is 4.79 Å². The van der Waals surface area contributed by atoms with Crippen molar-refractivity contribution in [3.63, 3.8) is 0 Å². The molecule has 0 aliphatic carbocycles. The molecular weight excluding hydrogens is 284 g/mol. The third-order valence-corrected chi connectivity index (χ3v) is 3.68. The molecular formula is C12H16N2O3S2. The second kappa shape index (κ2) is 6.12. The lowest BCUT2D eigenvalue weighted by molar-refractivity contribution is 0.0943. The summed E-state index contributed by atoms with van der Waals surface area (Å²) in [5, 5.41) is 2.62. The van der Waals surface area contributed by atoms with Crippen LogP contribution in [-0.2, 0) is 9.84 Å². The predicted molar refractivity (Wildman–Crippen MR) is 79.0 cm³/mol. The number of hydrogen-bond donors (Lipinski definition) is 2. The van der Waals surface area contributed by atoms with Gasteiger partial charge in [-0.15, -0.1) is 0 Å². The normalized spacial score (nSPS) is 12.7. The first-order valence-corrected chi connectivity index (χ1v) is 8.04. The molecule has 1 amide bonds. The summed E-state index contributed by atoms with van der Waals surface area (Å²) in [6, 6.07) is 6.11. The number of hydrogen-bond acceptors (Lipinski definition) is 4. The second-order valence-electron chi connectivity index (χ2n) is 4.41. The maximum Gasteiger partial charge on any atom is 0.251 e. The van der Waals surface area contributed by atoms with Crippen LogP contribution in [0.3, 0.4) is 0 Å². The number of amides is 1. The van der Waals surface area contributed by atoms with Gasteiger partial charge in [0.1, 0.15) is 14.8 Å². The Morgan fingerprint density at radius 3 is 2.53 bits per heavy atom. The highest BCUT2D eigenvalue weighted by molar-refractivity contribution is 7.90. The van der Waals surface area contributed by atoms with Crippen LogP contribution < -0.4 is 11.1 Å². The number of benzene rings is 1. The zero-order valence-corrected chi connectivity index (χ0v) is 12.3. The first-order valence-electron chi connectivity index (χ1n) is 5.57. The van der Waals surface area contributed by atoms with Crippen molar-refractivity contribution in [3.05, 3.63) is 35.4 Å². The fourth-order valence-electron chi connectivity index (χ4n) is 1.62. The minimum atomic E-state index is -3.13. The summed E-state index contributed by atoms with van der Waals surface area (Å²) in [5.74, 6) is -0.456. The lowest BCUT2D eigenvalue weighted by atomic mass is 10.1. The van der Waals surface area contributed by atoms with Crippen molar-refractivity contribution < 1.29 is 13.2 Å². The second-order valence-corrected chi connectivity index (χ2v) is 7.04. The highest BCUT2D eigenvalue weighted by Gasteiger charge is 2.14. The van der Waals surface area contributed by atoms with Crippen LogP contribution in [0.5, 0.6) is 0 Å². The number of nitrogens with two attached hydrogens (primary N) is 1. The molecule has 0 radical (unpaired) electrons. The largest absolute Gasteiger partial charge is 0.389 e. The van der Waals surface area contributed by atoms with E-state index in [1.54, 1.807) is 31.2 Å². The van der Waals surface area contributed by atoms with Crippen molar-refractivity contribution >= 4 is 33.0 Å². The fraction of sp³-hybridized carbons (Fsp3) is 0.333. The molecule has 19 heavy (non-hydrogen) atoms. The van der Waals surface area contributed by atoms with E-state index in [-0.39, 0.29) is 16.6 Å². The van der Waals surface area contributed by atoms with Crippen molar-refractivity contribution in [3.8, 4) is 0 Å². The molecule has 0 aliphatic rings. The molecule has 0 saturated heterocycles. The Hall–Kier alpha value is -1.47. The molecule has 1 rings (SSSR count). The molecule has 0 heterocycles. The van der Waals surface area contributed by atoms with E-state index in [0.29, 0.717) is 11.1 Å². The van der Waals surface area contributed by atoms with Crippen LogP contribution in [0, 0.1) is 0 Å². The Morgan fingerprint density at radius 1 is 1.42 bits per heavy atom. The van der Waals surface area contributed by atoms with Crippen LogP contribution in [-0.4, -0.2) is 37.4 Å². The zero-order valence-electron chi connectivity index (χ0n) is 10.7. The molecule has 0 saturated carbocycles. The topological polar surface area (TPSA) is 89.3 Å². The van der Waals surface area contributed by atoms with Crippen LogP contribution in [0.2, 0.25) is 0 Å². The summed E-state index contributed by atoms with van der Waals surface area (Å²) in [4.78, 5) is 12.1. The Kier molecular flexibility index (Phi) is 5.02. The summed E-state index contributed by atoms with van der Waals surface area (Å²) in [6.45, 7) is 1.64. The molecule has 7 heteroatoms. The van der Waals surface area contributed by atoms with Crippen LogP contribution in [0.25, 0.3) is 0 Å². The van der Waals surface area contributed by atoms with Crippen molar-refractivity contribution in [2.24, 2.45) is 5.73 Å². The van der Waals surface area contributed by atoms with Gasteiger partial charge in [0.2, 0.25) is 0 Å². The van der Waals surface area contributed by atoms with E-state index in [1.165, 1.54) is 0 Å². The fourth-order valence-corrected chi connectivity index (χ4v) is 2.74. The summed E-state index contributed by atoms with van der Waals surface area (Å²) in [5.41, 5.74) is 6.48. The molecule has 1 atom stereocenters. The molecule has 1 aromatic rings. The number of sulfone groups is 1. The SMILES string of the molecule is CC(CS(C)(=O)=O)NC(=O)c1cccc(C(N)=S)c1. The molecule has 1 unspecified atom stereocenters. The lowest BCUT2D eigenvalue weighted by Crippen LogP contribution is -2.37. The Labute approximate surface area is 118 Å². The highest BCUT2D eigenvalue weighted by Crippen LogP contribution is 2.06. The standard InChI is InChI=1S/C12H16N2O3S2/c1-8(7-19(2,16)17)14-12(15)10-5-3-4-9(6-10)11(13)18/h3-6,8H,7H2,1-2H3,(H2,13,18)(H,14,15). The molecule has 0 aromatic heterocycles. The molecule has 3 N–H and O–H groups in total. The van der Waals surface area contributed by atoms with Crippen LogP contribution in [0.1, 0.15) is 22.8 Å². The Morgan fingerprint density at radius 2 is 2.00 bits per heavy atom. The van der Waals surface area contributed by atoms with E-state index in [2.05, 4.69) is 5.32 Å². The van der Waals surface area contributed by atoms with Gasteiger partial charge in [0, 0.05) is 23.4 Å². The van der Waals surface area contributed by atoms with E-state index < -0.39 is 15.9 Å². The molecule has 5 nitrogen and oxygen atoms in total. The summed E-state index contributed by atoms with van der Waals surface area (Å²) >= 11 is 4.83. The first kappa shape index (κ1) is 15.6. The van der Waals surface area contributed by atoms with Crippen LogP contribution in [0.4, 0.5) is 0 Å². The summed E-state index contributed by atoms with van der Waals surface area (Å²) in [7, 11) is -3.13. The number of nitrogens with one attached hydrogen (secondary N) is 1. The average Bonchev–Trinajstić information content (AvgIpc) is 2.26. The van der Waals surface area contributed by atoms with Crippen molar-refractivity contribution in [1.29, 1.82) is 0 Å². The van der Waals surface area contributed by atoms with Gasteiger partial charge in [-0.05, 0) is 19.1 Å². The maximum absolute atomic E-state index is 11.9. The van der Waals surface area contributed by atoms with E-state index >= 15 is 0 Å². The number of carbonyl (C=O) groups is 1. The Bertz CT molecular complexity index is 597. The molecule has 0 fully saturated rings. The third kappa shape index (κ3) is 5.35. The average molecular weight is 300 g/mol. The van der Waals surface area contributed by atoms with Gasteiger partial charge >= 0.3 is 0 Å². The van der Waals surface area contributed by atoms with Crippen LogP contribution in [0.15, 0.2) is 24.3 Å². The predicted octanol–water partition coefficient (Wildman–Crippen LogP) is 0.484. The van der Waals surface area contributed by atoms with Gasteiger partial charge in [-0.2, -0.15) is 0 Å². The van der Waals surface area contributed by atoms with Gasteiger partial charge in [-0.25, -0.2) is 8.42 Å². The third-order valence-electron chi connectivity index (χ3n) is 2.34. The van der Waals surface area contributed by atoms with Crippen molar-refractivity contribution in [2.75, 3.05) is 12.0 Å². The molecule has 104 valence electrons. The maximum atomic E-state index is 11.9. The van der Waals surface area contributed by atoms with Crippen LogP contribution >= 0.6 is 12.2 Å². The lowest BCUT2D eigenvalue weighted by Gasteiger charge is -2.13. The van der Waals surface area contributed by atoms with Gasteiger partial charge < -0.3 is 11.1 Å². The number of thiocarbonyl (C=S) groups is 1. The smallest absolute Gasteiger partial charge is 0.251 e. The number of rotatable bonds is 5. The van der Waals surface area contributed by atoms with E-state index in [0.717, 1.165) is 6.26 Å². The van der Waals surface area contributed by atoms with Crippen molar-refractivity contribution in [2.45, 2.75) is 13.0 Å². The van der Waals surface area contributed by atoms with Gasteiger partial charge in [0.25, 0.3) is 5.91 Å². The van der Waals surface area contributed by atoms with E-state index in [4.69, 9.17) is 18.0 Å². The number of carbonyl (C=O) groups excluding carboxylic acids is 1. The molecule has 0 aliphatic heterocycles. The van der Waals surface area contributed by atoms with Gasteiger partial charge in [0.15, 0.2) is 0 Å². The van der Waals surface area contributed by atoms with E-state index in [9.17, 15) is 13.2 Å². The minimum absolute atomic E-state index is 0.103. The van der Waals surface area contributed by atoms with Gasteiger partial charge in [-0.1, -0.05) is 24.4 Å². The minimum Gasteiger partial charge on any atom is -0.389 e. The van der Waals surface area contributed by atoms with Crippen molar-refractivity contribution in [1.82, 2.24) is 5.32 Å². The quantitative estimate of drug-likeness (QED) is 0.772. The Balaban J connectivity index is 2.78. The zero-order chi connectivity index (χ0) is 14.6. The first-order chi connectivity index (χ1) is 8.69. The molecule has 0 bridgehead atoms. The monoisotopic (exact) mass is 300 g/mol.